The molecule has 3 rings (SSSR count). The fraction of sp³-hybridized carbons (Fsp3) is 0.273. The van der Waals surface area contributed by atoms with Crippen LogP contribution in [0.2, 0.25) is 10.2 Å². The Morgan fingerprint density at radius 3 is 3.00 bits per heavy atom. The van der Waals surface area contributed by atoms with Crippen LogP contribution in [0.3, 0.4) is 0 Å². The van der Waals surface area contributed by atoms with E-state index in [2.05, 4.69) is 15.4 Å². The third-order valence-electron chi connectivity index (χ3n) is 2.73. The van der Waals surface area contributed by atoms with Gasteiger partial charge in [0.2, 0.25) is 0 Å². The minimum atomic E-state index is 0.434. The summed E-state index contributed by atoms with van der Waals surface area (Å²) in [7, 11) is 0. The highest BCUT2D eigenvalue weighted by Gasteiger charge is 2.14. The average Bonchev–Trinajstić information content (AvgIpc) is 2.90. The normalized spacial score (nSPS) is 15.1. The number of hydrogen-bond acceptors (Lipinski definition) is 3. The Labute approximate surface area is 108 Å². The van der Waals surface area contributed by atoms with Gasteiger partial charge in [0.05, 0.1) is 29.0 Å². The molecule has 0 saturated heterocycles. The molecule has 0 spiro atoms. The van der Waals surface area contributed by atoms with E-state index in [1.807, 2.05) is 22.9 Å². The zero-order valence-corrected chi connectivity index (χ0v) is 10.5. The molecule has 4 nitrogen and oxygen atoms in total. The zero-order valence-electron chi connectivity index (χ0n) is 8.95. The molecule has 1 aliphatic heterocycles. The fourth-order valence-corrected chi connectivity index (χ4v) is 2.55. The highest BCUT2D eigenvalue weighted by molar-refractivity contribution is 6.41. The van der Waals surface area contributed by atoms with Crippen LogP contribution >= 0.6 is 23.2 Å². The van der Waals surface area contributed by atoms with Crippen LogP contribution in [0.25, 0.3) is 10.9 Å². The number of amidine groups is 1. The molecule has 0 unspecified atom stereocenters. The number of nitrogens with zero attached hydrogens (tertiary/aromatic N) is 3. The highest BCUT2D eigenvalue weighted by Crippen LogP contribution is 2.29. The standard InChI is InChI=1S/C11H10Cl2N4/c12-7-2-1-3-8-10(7)11(13)16-17(8)6-9-14-4-5-15-9/h1-3H,4-6H2,(H,14,15). The molecule has 1 aromatic heterocycles. The third-order valence-corrected chi connectivity index (χ3v) is 3.31. The number of aromatic nitrogens is 2. The van der Waals surface area contributed by atoms with Crippen molar-refractivity contribution in [1.82, 2.24) is 15.1 Å². The van der Waals surface area contributed by atoms with Crippen molar-refractivity contribution < 1.29 is 0 Å². The number of nitrogens with one attached hydrogen (secondary N) is 1. The zero-order chi connectivity index (χ0) is 11.8. The van der Waals surface area contributed by atoms with Crippen molar-refractivity contribution in [2.45, 2.75) is 6.54 Å². The summed E-state index contributed by atoms with van der Waals surface area (Å²) in [5.74, 6) is 0.936. The first kappa shape index (κ1) is 10.9. The Morgan fingerprint density at radius 1 is 1.35 bits per heavy atom. The lowest BCUT2D eigenvalue weighted by Gasteiger charge is -2.04. The summed E-state index contributed by atoms with van der Waals surface area (Å²) >= 11 is 12.2. The summed E-state index contributed by atoms with van der Waals surface area (Å²) in [5.41, 5.74) is 0.930. The molecule has 1 N–H and O–H groups in total. The smallest absolute Gasteiger partial charge is 0.160 e. The van der Waals surface area contributed by atoms with Crippen molar-refractivity contribution in [3.8, 4) is 0 Å². The van der Waals surface area contributed by atoms with Crippen molar-refractivity contribution in [3.05, 3.63) is 28.4 Å². The van der Waals surface area contributed by atoms with E-state index in [1.165, 1.54) is 0 Å². The number of fused-ring (bicyclic) bond motifs is 1. The molecular formula is C11H10Cl2N4. The molecule has 2 aromatic rings. The van der Waals surface area contributed by atoms with Gasteiger partial charge in [-0.05, 0) is 12.1 Å². The first-order chi connectivity index (χ1) is 8.25. The molecule has 2 heterocycles. The van der Waals surface area contributed by atoms with E-state index in [4.69, 9.17) is 23.2 Å². The van der Waals surface area contributed by atoms with Gasteiger partial charge < -0.3 is 5.32 Å². The van der Waals surface area contributed by atoms with Crippen molar-refractivity contribution in [3.63, 3.8) is 0 Å². The van der Waals surface area contributed by atoms with Crippen LogP contribution in [0.1, 0.15) is 0 Å². The van der Waals surface area contributed by atoms with Crippen LogP contribution in [-0.4, -0.2) is 28.7 Å². The maximum absolute atomic E-state index is 6.11. The number of rotatable bonds is 2. The second kappa shape index (κ2) is 4.20. The Morgan fingerprint density at radius 2 is 2.24 bits per heavy atom. The monoisotopic (exact) mass is 268 g/mol. The van der Waals surface area contributed by atoms with Gasteiger partial charge in [-0.2, -0.15) is 5.10 Å². The van der Waals surface area contributed by atoms with Gasteiger partial charge in [-0.25, -0.2) is 0 Å². The van der Waals surface area contributed by atoms with E-state index in [1.54, 1.807) is 0 Å². The fourth-order valence-electron chi connectivity index (χ4n) is 1.96. The molecule has 0 atom stereocenters. The Balaban J connectivity index is 2.08. The number of benzene rings is 1. The van der Waals surface area contributed by atoms with E-state index in [-0.39, 0.29) is 0 Å². The first-order valence-electron chi connectivity index (χ1n) is 5.33. The molecule has 88 valence electrons. The van der Waals surface area contributed by atoms with Gasteiger partial charge in [0.25, 0.3) is 0 Å². The van der Waals surface area contributed by atoms with Gasteiger partial charge in [-0.3, -0.25) is 9.67 Å². The minimum absolute atomic E-state index is 0.434. The molecule has 6 heteroatoms. The predicted octanol–water partition coefficient (Wildman–Crippen LogP) is 2.34. The van der Waals surface area contributed by atoms with Crippen LogP contribution < -0.4 is 5.32 Å². The molecule has 17 heavy (non-hydrogen) atoms. The molecule has 0 aliphatic carbocycles. The molecule has 0 fully saturated rings. The summed E-state index contributed by atoms with van der Waals surface area (Å²) in [5, 5.41) is 9.36. The summed E-state index contributed by atoms with van der Waals surface area (Å²) in [6, 6.07) is 5.66. The summed E-state index contributed by atoms with van der Waals surface area (Å²) < 4.78 is 1.82. The van der Waals surface area contributed by atoms with E-state index in [9.17, 15) is 0 Å². The second-order valence-corrected chi connectivity index (χ2v) is 4.60. The largest absolute Gasteiger partial charge is 0.370 e. The lowest BCUT2D eigenvalue weighted by atomic mass is 10.2. The van der Waals surface area contributed by atoms with E-state index in [0.717, 1.165) is 29.8 Å². The second-order valence-electron chi connectivity index (χ2n) is 3.84. The van der Waals surface area contributed by atoms with E-state index < -0.39 is 0 Å². The summed E-state index contributed by atoms with van der Waals surface area (Å²) in [4.78, 5) is 4.34. The maximum Gasteiger partial charge on any atom is 0.160 e. The van der Waals surface area contributed by atoms with Crippen LogP contribution in [-0.2, 0) is 6.54 Å². The molecule has 0 saturated carbocycles. The van der Waals surface area contributed by atoms with Crippen LogP contribution in [0.5, 0.6) is 0 Å². The molecule has 0 radical (unpaired) electrons. The van der Waals surface area contributed by atoms with Gasteiger partial charge in [0, 0.05) is 6.54 Å². The van der Waals surface area contributed by atoms with E-state index in [0.29, 0.717) is 16.7 Å². The summed E-state index contributed by atoms with van der Waals surface area (Å²) in [6.45, 7) is 2.32. The highest BCUT2D eigenvalue weighted by atomic mass is 35.5. The number of halogens is 2. The van der Waals surface area contributed by atoms with Gasteiger partial charge in [0.1, 0.15) is 5.84 Å². The molecule has 1 aromatic carbocycles. The van der Waals surface area contributed by atoms with Crippen LogP contribution in [0, 0.1) is 0 Å². The van der Waals surface area contributed by atoms with Gasteiger partial charge in [0.15, 0.2) is 5.15 Å². The number of hydrogen-bond donors (Lipinski definition) is 1. The third kappa shape index (κ3) is 1.87. The van der Waals surface area contributed by atoms with E-state index >= 15 is 0 Å². The molecule has 0 bridgehead atoms. The van der Waals surface area contributed by atoms with Crippen molar-refractivity contribution in [1.29, 1.82) is 0 Å². The van der Waals surface area contributed by atoms with Crippen molar-refractivity contribution >= 4 is 39.9 Å². The van der Waals surface area contributed by atoms with Crippen molar-refractivity contribution in [2.24, 2.45) is 4.99 Å². The van der Waals surface area contributed by atoms with Gasteiger partial charge in [-0.1, -0.05) is 29.3 Å². The van der Waals surface area contributed by atoms with Crippen molar-refractivity contribution in [2.75, 3.05) is 13.1 Å². The Bertz CT molecular complexity index is 603. The molecular weight excluding hydrogens is 259 g/mol. The lowest BCUT2D eigenvalue weighted by Crippen LogP contribution is -2.24. The first-order valence-corrected chi connectivity index (χ1v) is 6.09. The molecule has 1 aliphatic rings. The Hall–Kier alpha value is -1.26. The molecule has 0 amide bonds. The average molecular weight is 269 g/mol. The van der Waals surface area contributed by atoms with Gasteiger partial charge >= 0.3 is 0 Å². The lowest BCUT2D eigenvalue weighted by molar-refractivity contribution is 0.739. The maximum atomic E-state index is 6.11. The number of aliphatic imine (C=N–C) groups is 1. The van der Waals surface area contributed by atoms with Crippen LogP contribution in [0.4, 0.5) is 0 Å². The quantitative estimate of drug-likeness (QED) is 0.909. The Kier molecular flexibility index (Phi) is 2.68. The SMILES string of the molecule is Clc1cccc2c1c(Cl)nn2CC1=NCCN1. The van der Waals surface area contributed by atoms with Crippen LogP contribution in [0.15, 0.2) is 23.2 Å². The predicted molar refractivity (Wildman–Crippen MR) is 70.1 cm³/mol. The topological polar surface area (TPSA) is 42.2 Å². The minimum Gasteiger partial charge on any atom is -0.370 e. The van der Waals surface area contributed by atoms with Gasteiger partial charge in [-0.15, -0.1) is 0 Å². The summed E-state index contributed by atoms with van der Waals surface area (Å²) in [6.07, 6.45) is 0.